The fraction of sp³-hybridized carbons (Fsp3) is 0.571. The molecule has 0 saturated heterocycles. The summed E-state index contributed by atoms with van der Waals surface area (Å²) in [5.41, 5.74) is -0.612. The lowest BCUT2D eigenvalue weighted by Gasteiger charge is -2.34. The van der Waals surface area contributed by atoms with E-state index in [2.05, 4.69) is 21.3 Å². The van der Waals surface area contributed by atoms with Crippen molar-refractivity contribution in [2.75, 3.05) is 26.7 Å². The molecule has 17 nitrogen and oxygen atoms in total. The van der Waals surface area contributed by atoms with Crippen molar-refractivity contribution in [1.29, 1.82) is 0 Å². The number of benzene rings is 2. The molecule has 4 bridgehead atoms. The molecule has 3 rings (SSSR count). The number of rotatable bonds is 10. The minimum absolute atomic E-state index is 0.0407. The van der Waals surface area contributed by atoms with Crippen LogP contribution in [-0.2, 0) is 36.7 Å². The van der Waals surface area contributed by atoms with Gasteiger partial charge < -0.3 is 55.9 Å². The Balaban J connectivity index is 2.09. The number of fused-ring (bicyclic) bond motifs is 5. The first-order chi connectivity index (χ1) is 27.3. The first kappa shape index (κ1) is 47.6. The lowest BCUT2D eigenvalue weighted by molar-refractivity contribution is -0.142. The lowest BCUT2D eigenvalue weighted by Crippen LogP contribution is -2.58. The Kier molecular flexibility index (Phi) is 16.0. The first-order valence-corrected chi connectivity index (χ1v) is 19.7. The van der Waals surface area contributed by atoms with Gasteiger partial charge in [-0.05, 0) is 128 Å². The summed E-state index contributed by atoms with van der Waals surface area (Å²) in [7, 11) is 1.39. The number of hydrogen-bond donors (Lipinski definition) is 7. The van der Waals surface area contributed by atoms with Crippen LogP contribution in [0.4, 0.5) is 14.4 Å². The number of carbonyl (C=O) groups is 6. The van der Waals surface area contributed by atoms with Crippen LogP contribution in [-0.4, -0.2) is 123 Å². The number of hydrogen-bond acceptors (Lipinski definition) is 10. The predicted molar refractivity (Wildman–Crippen MR) is 220 cm³/mol. The molecular formula is C42H62N6O11. The van der Waals surface area contributed by atoms with E-state index in [9.17, 15) is 44.1 Å². The van der Waals surface area contributed by atoms with E-state index in [0.717, 1.165) is 0 Å². The molecular weight excluding hydrogens is 764 g/mol. The number of carbonyl (C=O) groups excluding carboxylic acids is 5. The lowest BCUT2D eigenvalue weighted by atomic mass is 9.95. The van der Waals surface area contributed by atoms with E-state index < -0.39 is 70.9 Å². The second-order valence-corrected chi connectivity index (χ2v) is 17.6. The van der Waals surface area contributed by atoms with Crippen LogP contribution in [0.5, 0.6) is 11.5 Å². The van der Waals surface area contributed by atoms with Crippen molar-refractivity contribution in [3.63, 3.8) is 0 Å². The molecule has 0 saturated carbocycles. The van der Waals surface area contributed by atoms with Gasteiger partial charge in [0, 0.05) is 45.1 Å². The van der Waals surface area contributed by atoms with E-state index in [4.69, 9.17) is 9.47 Å². The molecule has 1 heterocycles. The monoisotopic (exact) mass is 826 g/mol. The average Bonchev–Trinajstić information content (AvgIpc) is 3.09. The van der Waals surface area contributed by atoms with Gasteiger partial charge in [-0.2, -0.15) is 0 Å². The van der Waals surface area contributed by atoms with Gasteiger partial charge in [-0.1, -0.05) is 12.1 Å². The van der Waals surface area contributed by atoms with Crippen LogP contribution in [0.3, 0.4) is 0 Å². The quantitative estimate of drug-likeness (QED) is 0.163. The zero-order chi connectivity index (χ0) is 44.5. The van der Waals surface area contributed by atoms with Crippen molar-refractivity contribution >= 4 is 36.0 Å². The molecule has 0 aromatic heterocycles. The summed E-state index contributed by atoms with van der Waals surface area (Å²) in [6.45, 7) is 15.4. The summed E-state index contributed by atoms with van der Waals surface area (Å²) < 4.78 is 10.7. The number of amides is 6. The van der Waals surface area contributed by atoms with Crippen LogP contribution >= 0.6 is 0 Å². The molecule has 7 N–H and O–H groups in total. The summed E-state index contributed by atoms with van der Waals surface area (Å²) >= 11 is 0. The number of ether oxygens (including phenoxy) is 2. The van der Waals surface area contributed by atoms with Gasteiger partial charge in [-0.15, -0.1) is 0 Å². The van der Waals surface area contributed by atoms with Crippen molar-refractivity contribution in [2.45, 2.75) is 129 Å². The zero-order valence-electron chi connectivity index (χ0n) is 35.9. The molecule has 6 amide bonds. The average molecular weight is 827 g/mol. The highest BCUT2D eigenvalue weighted by Crippen LogP contribution is 2.31. The normalized spacial score (nSPS) is 17.7. The molecule has 0 fully saturated rings. The molecule has 0 aliphatic carbocycles. The SMILES string of the molecule is CN1C(=O)[C@H](CCCCNC(=O)OC(C)(C)C)NC(=O)[C@@H](NC(=O)OC(C)(C)C)Cc2cc(ccc2O)-c2ccc(O)c(c2)C[C@H]1C(=O)NCCN(C(=O)O)C(C)(C)C. The van der Waals surface area contributed by atoms with Crippen molar-refractivity contribution in [1.82, 2.24) is 31.1 Å². The van der Waals surface area contributed by atoms with E-state index in [1.807, 2.05) is 0 Å². The maximum atomic E-state index is 14.5. The van der Waals surface area contributed by atoms with Crippen molar-refractivity contribution in [3.8, 4) is 22.6 Å². The molecule has 1 aliphatic heterocycles. The fourth-order valence-corrected chi connectivity index (χ4v) is 6.38. The first-order valence-electron chi connectivity index (χ1n) is 19.7. The van der Waals surface area contributed by atoms with Gasteiger partial charge in [0.25, 0.3) is 0 Å². The zero-order valence-corrected chi connectivity index (χ0v) is 35.9. The van der Waals surface area contributed by atoms with Gasteiger partial charge in [-0.3, -0.25) is 14.4 Å². The molecule has 17 heteroatoms. The number of likely N-dealkylation sites (N-methyl/N-ethyl adjacent to an activating group) is 1. The van der Waals surface area contributed by atoms with Crippen LogP contribution in [0.25, 0.3) is 11.1 Å². The van der Waals surface area contributed by atoms with Gasteiger partial charge in [0.1, 0.15) is 40.8 Å². The molecule has 2 aromatic carbocycles. The van der Waals surface area contributed by atoms with Crippen molar-refractivity contribution in [2.24, 2.45) is 0 Å². The second kappa shape index (κ2) is 19.8. The Morgan fingerprint density at radius 2 is 1.34 bits per heavy atom. The van der Waals surface area contributed by atoms with Gasteiger partial charge >= 0.3 is 18.3 Å². The van der Waals surface area contributed by atoms with Gasteiger partial charge in [0.2, 0.25) is 17.7 Å². The topological polar surface area (TPSA) is 236 Å². The van der Waals surface area contributed by atoms with E-state index in [1.54, 1.807) is 86.6 Å². The molecule has 0 spiro atoms. The molecule has 0 unspecified atom stereocenters. The fourth-order valence-electron chi connectivity index (χ4n) is 6.38. The van der Waals surface area contributed by atoms with E-state index in [-0.39, 0.29) is 50.4 Å². The number of carboxylic acid groups (broad SMARTS) is 1. The standard InChI is InChI=1S/C42H62N6O11/c1-40(2,3)48(39(56)57)20-19-43-35(52)31-24-28-22-26(15-17-33(28)50)25-14-16-32(49)27(21-25)23-30(46-38(55)59-42(7,8)9)34(51)45-29(36(53)47(31)10)13-11-12-18-44-37(54)58-41(4,5)6/h14-17,21-22,29-31,49-50H,11-13,18-20,23-24H2,1-10H3,(H,43,52)(H,44,54)(H,45,51)(H,46,55)(H,56,57)/t29-,30-,31-/m0/s1. The molecule has 1 aliphatic rings. The second-order valence-electron chi connectivity index (χ2n) is 17.6. The molecule has 2 aromatic rings. The highest BCUT2D eigenvalue weighted by Gasteiger charge is 2.36. The van der Waals surface area contributed by atoms with E-state index in [0.29, 0.717) is 35.1 Å². The number of unbranched alkanes of at least 4 members (excludes halogenated alkanes) is 1. The predicted octanol–water partition coefficient (Wildman–Crippen LogP) is 4.66. The molecule has 3 atom stereocenters. The highest BCUT2D eigenvalue weighted by molar-refractivity contribution is 5.94. The van der Waals surface area contributed by atoms with Gasteiger partial charge in [-0.25, -0.2) is 14.4 Å². The minimum Gasteiger partial charge on any atom is -0.508 e. The summed E-state index contributed by atoms with van der Waals surface area (Å²) in [5.74, 6) is -2.40. The van der Waals surface area contributed by atoms with E-state index >= 15 is 0 Å². The van der Waals surface area contributed by atoms with Crippen molar-refractivity contribution < 1.29 is 53.6 Å². The number of phenols is 2. The van der Waals surface area contributed by atoms with Crippen LogP contribution in [0, 0.1) is 0 Å². The Bertz CT molecular complexity index is 1850. The summed E-state index contributed by atoms with van der Waals surface area (Å²) in [6.07, 6.45) is -2.36. The van der Waals surface area contributed by atoms with Crippen LogP contribution in [0.2, 0.25) is 0 Å². The number of alkyl carbamates (subject to hydrolysis) is 2. The smallest absolute Gasteiger partial charge is 0.408 e. The number of aromatic hydroxyl groups is 2. The van der Waals surface area contributed by atoms with Gasteiger partial charge in [0.15, 0.2) is 0 Å². The maximum Gasteiger partial charge on any atom is 0.408 e. The summed E-state index contributed by atoms with van der Waals surface area (Å²) in [5, 5.41) is 42.5. The number of nitrogens with zero attached hydrogens (tertiary/aromatic N) is 2. The molecule has 59 heavy (non-hydrogen) atoms. The molecule has 326 valence electrons. The third-order valence-electron chi connectivity index (χ3n) is 9.33. The Labute approximate surface area is 346 Å². The Morgan fingerprint density at radius 3 is 1.86 bits per heavy atom. The number of phenolic OH excluding ortho intramolecular Hbond substituents is 2. The van der Waals surface area contributed by atoms with Crippen LogP contribution < -0.4 is 21.3 Å². The van der Waals surface area contributed by atoms with Crippen molar-refractivity contribution in [3.05, 3.63) is 47.5 Å². The minimum atomic E-state index is -1.35. The largest absolute Gasteiger partial charge is 0.508 e. The third kappa shape index (κ3) is 14.9. The van der Waals surface area contributed by atoms with Crippen LogP contribution in [0.15, 0.2) is 36.4 Å². The summed E-state index contributed by atoms with van der Waals surface area (Å²) in [6, 6.07) is 5.60. The highest BCUT2D eigenvalue weighted by atomic mass is 16.6. The number of nitrogens with one attached hydrogen (secondary N) is 4. The third-order valence-corrected chi connectivity index (χ3v) is 9.33. The van der Waals surface area contributed by atoms with Gasteiger partial charge in [0.05, 0.1) is 0 Å². The van der Waals surface area contributed by atoms with Crippen LogP contribution in [0.1, 0.15) is 92.7 Å². The summed E-state index contributed by atoms with van der Waals surface area (Å²) in [4.78, 5) is 82.5. The maximum absolute atomic E-state index is 14.5. The van der Waals surface area contributed by atoms with E-state index in [1.165, 1.54) is 29.0 Å². The Hall–Kier alpha value is -5.74. The molecule has 0 radical (unpaired) electrons. The Morgan fingerprint density at radius 1 is 0.797 bits per heavy atom.